The highest BCUT2D eigenvalue weighted by molar-refractivity contribution is 5.97. The monoisotopic (exact) mass is 379 g/mol. The number of rotatable bonds is 5. The third-order valence-corrected chi connectivity index (χ3v) is 5.37. The number of carbonyl (C=O) groups is 2. The van der Waals surface area contributed by atoms with Gasteiger partial charge in [-0.2, -0.15) is 0 Å². The van der Waals surface area contributed by atoms with Crippen molar-refractivity contribution in [2.45, 2.75) is 51.2 Å². The van der Waals surface area contributed by atoms with E-state index in [9.17, 15) is 14.7 Å². The van der Waals surface area contributed by atoms with Gasteiger partial charge in [-0.05, 0) is 62.1 Å². The van der Waals surface area contributed by atoms with Crippen LogP contribution in [0.4, 0.5) is 16.2 Å². The Morgan fingerprint density at radius 2 is 1.96 bits per heavy atom. The predicted octanol–water partition coefficient (Wildman–Crippen LogP) is 4.10. The number of carbonyl (C=O) groups excluding carboxylic acids is 2. The second-order valence-corrected chi connectivity index (χ2v) is 7.66. The number of nitrogens with one attached hydrogen (secondary N) is 1. The topological polar surface area (TPSA) is 72.9 Å². The lowest BCUT2D eigenvalue weighted by Gasteiger charge is -2.25. The minimum atomic E-state index is -0.163. The van der Waals surface area contributed by atoms with Gasteiger partial charge in [-0.25, -0.2) is 4.79 Å². The van der Waals surface area contributed by atoms with Crippen molar-refractivity contribution in [2.24, 2.45) is 0 Å². The molecule has 28 heavy (non-hydrogen) atoms. The molecule has 0 aromatic heterocycles. The van der Waals surface area contributed by atoms with Gasteiger partial charge in [0, 0.05) is 36.4 Å². The van der Waals surface area contributed by atoms with Gasteiger partial charge >= 0.3 is 6.03 Å². The fourth-order valence-corrected chi connectivity index (χ4v) is 3.76. The molecule has 0 bridgehead atoms. The summed E-state index contributed by atoms with van der Waals surface area (Å²) in [5.74, 6) is 0.324. The summed E-state index contributed by atoms with van der Waals surface area (Å²) in [5.41, 5.74) is 2.39. The molecule has 1 heterocycles. The highest BCUT2D eigenvalue weighted by atomic mass is 16.3. The van der Waals surface area contributed by atoms with Crippen LogP contribution in [0, 0.1) is 0 Å². The van der Waals surface area contributed by atoms with E-state index in [1.54, 1.807) is 23.1 Å². The number of anilines is 2. The number of benzene rings is 2. The minimum absolute atomic E-state index is 0.125. The van der Waals surface area contributed by atoms with Crippen LogP contribution in [0.1, 0.15) is 38.2 Å². The average molecular weight is 379 g/mol. The number of amides is 3. The lowest BCUT2D eigenvalue weighted by Crippen LogP contribution is -2.36. The summed E-state index contributed by atoms with van der Waals surface area (Å²) in [6.45, 7) is 2.49. The van der Waals surface area contributed by atoms with Crippen LogP contribution in [0.5, 0.6) is 5.75 Å². The van der Waals surface area contributed by atoms with Crippen molar-refractivity contribution in [1.29, 1.82) is 0 Å². The lowest BCUT2D eigenvalue weighted by atomic mass is 10.2. The third-order valence-electron chi connectivity index (χ3n) is 5.37. The summed E-state index contributed by atoms with van der Waals surface area (Å²) in [4.78, 5) is 28.7. The summed E-state index contributed by atoms with van der Waals surface area (Å²) in [5, 5.41) is 12.7. The second kappa shape index (κ2) is 7.54. The molecule has 0 unspecified atom stereocenters. The standard InChI is InChI=1S/C22H25N3O3/c1-15-8-11-21(27)25(15)19-6-3-5-17(13-19)23-22(28)24(18-9-10-18)14-16-4-2-7-20(26)12-16/h2-7,12-13,15,18,26H,8-11,14H2,1H3,(H,23,28)/t15-/m1/s1. The average Bonchev–Trinajstić information content (AvgIpc) is 3.44. The first-order valence-corrected chi connectivity index (χ1v) is 9.79. The Hall–Kier alpha value is -3.02. The van der Waals surface area contributed by atoms with Crippen LogP contribution in [0.25, 0.3) is 0 Å². The van der Waals surface area contributed by atoms with Gasteiger partial charge in [0.15, 0.2) is 0 Å². The minimum Gasteiger partial charge on any atom is -0.508 e. The zero-order valence-corrected chi connectivity index (χ0v) is 16.0. The summed E-state index contributed by atoms with van der Waals surface area (Å²) in [7, 11) is 0. The fraction of sp³-hybridized carbons (Fsp3) is 0.364. The van der Waals surface area contributed by atoms with E-state index in [0.29, 0.717) is 18.7 Å². The molecule has 1 saturated carbocycles. The molecule has 3 amide bonds. The highest BCUT2D eigenvalue weighted by Crippen LogP contribution is 2.31. The first-order chi connectivity index (χ1) is 13.5. The Morgan fingerprint density at radius 1 is 1.18 bits per heavy atom. The van der Waals surface area contributed by atoms with Crippen molar-refractivity contribution in [2.75, 3.05) is 10.2 Å². The molecule has 1 saturated heterocycles. The van der Waals surface area contributed by atoms with E-state index in [1.807, 2.05) is 42.2 Å². The van der Waals surface area contributed by atoms with Crippen LogP contribution in [-0.4, -0.2) is 34.0 Å². The number of hydrogen-bond donors (Lipinski definition) is 2. The molecule has 2 aliphatic rings. The van der Waals surface area contributed by atoms with Crippen molar-refractivity contribution >= 4 is 23.3 Å². The number of urea groups is 1. The van der Waals surface area contributed by atoms with Gasteiger partial charge in [-0.3, -0.25) is 4.79 Å². The zero-order valence-electron chi connectivity index (χ0n) is 16.0. The van der Waals surface area contributed by atoms with E-state index in [4.69, 9.17) is 0 Å². The number of nitrogens with zero attached hydrogens (tertiary/aromatic N) is 2. The van der Waals surface area contributed by atoms with Crippen LogP contribution in [-0.2, 0) is 11.3 Å². The van der Waals surface area contributed by atoms with Gasteiger partial charge < -0.3 is 20.2 Å². The molecule has 1 aliphatic carbocycles. The van der Waals surface area contributed by atoms with E-state index in [0.717, 1.165) is 30.5 Å². The molecule has 2 aromatic rings. The molecule has 2 fully saturated rings. The van der Waals surface area contributed by atoms with Gasteiger partial charge in [0.25, 0.3) is 0 Å². The van der Waals surface area contributed by atoms with Gasteiger partial charge in [0.2, 0.25) is 5.91 Å². The van der Waals surface area contributed by atoms with Crippen molar-refractivity contribution in [1.82, 2.24) is 4.90 Å². The molecule has 0 spiro atoms. The summed E-state index contributed by atoms with van der Waals surface area (Å²) >= 11 is 0. The summed E-state index contributed by atoms with van der Waals surface area (Å²) < 4.78 is 0. The molecule has 2 N–H and O–H groups in total. The first-order valence-electron chi connectivity index (χ1n) is 9.79. The Labute approximate surface area is 164 Å². The maximum atomic E-state index is 12.9. The van der Waals surface area contributed by atoms with Crippen molar-refractivity contribution < 1.29 is 14.7 Å². The maximum Gasteiger partial charge on any atom is 0.322 e. The molecule has 2 aromatic carbocycles. The zero-order chi connectivity index (χ0) is 19.7. The quantitative estimate of drug-likeness (QED) is 0.821. The molecular formula is C22H25N3O3. The molecular weight excluding hydrogens is 354 g/mol. The number of phenols is 1. The highest BCUT2D eigenvalue weighted by Gasteiger charge is 2.33. The molecule has 6 heteroatoms. The van der Waals surface area contributed by atoms with Crippen LogP contribution in [0.2, 0.25) is 0 Å². The van der Waals surface area contributed by atoms with E-state index < -0.39 is 0 Å². The van der Waals surface area contributed by atoms with Gasteiger partial charge in [0.1, 0.15) is 5.75 Å². The van der Waals surface area contributed by atoms with Crippen molar-refractivity contribution in [3.8, 4) is 5.75 Å². The largest absolute Gasteiger partial charge is 0.508 e. The van der Waals surface area contributed by atoms with Gasteiger partial charge in [-0.1, -0.05) is 18.2 Å². The third kappa shape index (κ3) is 3.96. The predicted molar refractivity (Wildman–Crippen MR) is 108 cm³/mol. The Morgan fingerprint density at radius 3 is 2.64 bits per heavy atom. The number of phenolic OH excluding ortho intramolecular Hbond substituents is 1. The SMILES string of the molecule is C[C@@H]1CCC(=O)N1c1cccc(NC(=O)N(Cc2cccc(O)c2)C2CC2)c1. The van der Waals surface area contributed by atoms with Crippen LogP contribution in [0.15, 0.2) is 48.5 Å². The van der Waals surface area contributed by atoms with E-state index in [-0.39, 0.29) is 29.8 Å². The molecule has 1 atom stereocenters. The molecule has 146 valence electrons. The van der Waals surface area contributed by atoms with Gasteiger partial charge in [-0.15, -0.1) is 0 Å². The Bertz CT molecular complexity index is 894. The number of aromatic hydroxyl groups is 1. The maximum absolute atomic E-state index is 12.9. The second-order valence-electron chi connectivity index (χ2n) is 7.66. The summed E-state index contributed by atoms with van der Waals surface area (Å²) in [6, 6.07) is 14.7. The van der Waals surface area contributed by atoms with Gasteiger partial charge in [0.05, 0.1) is 0 Å². The van der Waals surface area contributed by atoms with Crippen LogP contribution in [0.3, 0.4) is 0 Å². The van der Waals surface area contributed by atoms with Crippen LogP contribution < -0.4 is 10.2 Å². The van der Waals surface area contributed by atoms with E-state index in [1.165, 1.54) is 0 Å². The normalized spacial score (nSPS) is 19.0. The molecule has 4 rings (SSSR count). The Kier molecular flexibility index (Phi) is 4.94. The smallest absolute Gasteiger partial charge is 0.322 e. The van der Waals surface area contributed by atoms with Crippen molar-refractivity contribution in [3.05, 3.63) is 54.1 Å². The van der Waals surface area contributed by atoms with Crippen molar-refractivity contribution in [3.63, 3.8) is 0 Å². The first kappa shape index (κ1) is 18.3. The summed E-state index contributed by atoms with van der Waals surface area (Å²) in [6.07, 6.45) is 3.41. The lowest BCUT2D eigenvalue weighted by molar-refractivity contribution is -0.117. The Balaban J connectivity index is 1.49. The number of hydrogen-bond acceptors (Lipinski definition) is 3. The molecule has 1 aliphatic heterocycles. The van der Waals surface area contributed by atoms with E-state index in [2.05, 4.69) is 5.32 Å². The molecule has 0 radical (unpaired) electrons. The van der Waals surface area contributed by atoms with E-state index >= 15 is 0 Å². The van der Waals surface area contributed by atoms with Crippen LogP contribution >= 0.6 is 0 Å². The fourth-order valence-electron chi connectivity index (χ4n) is 3.76. The molecule has 6 nitrogen and oxygen atoms in total.